The SMILES string of the molecule is Cc1ccc([N+](=O)[O-])cc1C(=O)N1CCNCC1C. The number of nitro benzene ring substituents is 1. The maximum Gasteiger partial charge on any atom is 0.270 e. The average Bonchev–Trinajstić information content (AvgIpc) is 2.38. The molecular weight excluding hydrogens is 246 g/mol. The molecule has 1 heterocycles. The normalized spacial score (nSPS) is 19.3. The fourth-order valence-corrected chi connectivity index (χ4v) is 2.25. The van der Waals surface area contributed by atoms with Gasteiger partial charge in [-0.25, -0.2) is 0 Å². The first kappa shape index (κ1) is 13.5. The molecule has 1 saturated heterocycles. The van der Waals surface area contributed by atoms with Gasteiger partial charge in [0.2, 0.25) is 0 Å². The second-order valence-electron chi connectivity index (χ2n) is 4.81. The van der Waals surface area contributed by atoms with Crippen molar-refractivity contribution in [1.82, 2.24) is 10.2 Å². The molecule has 1 unspecified atom stereocenters. The second-order valence-corrected chi connectivity index (χ2v) is 4.81. The van der Waals surface area contributed by atoms with Crippen LogP contribution < -0.4 is 5.32 Å². The molecule has 1 aromatic carbocycles. The van der Waals surface area contributed by atoms with E-state index in [9.17, 15) is 14.9 Å². The van der Waals surface area contributed by atoms with Crippen LogP contribution in [0.25, 0.3) is 0 Å². The summed E-state index contributed by atoms with van der Waals surface area (Å²) in [7, 11) is 0. The van der Waals surface area contributed by atoms with Crippen LogP contribution in [0, 0.1) is 17.0 Å². The number of carbonyl (C=O) groups is 1. The van der Waals surface area contributed by atoms with E-state index < -0.39 is 4.92 Å². The third-order valence-electron chi connectivity index (χ3n) is 3.42. The third-order valence-corrected chi connectivity index (χ3v) is 3.42. The lowest BCUT2D eigenvalue weighted by atomic mass is 10.0. The summed E-state index contributed by atoms with van der Waals surface area (Å²) in [5.41, 5.74) is 1.14. The lowest BCUT2D eigenvalue weighted by Crippen LogP contribution is -2.52. The maximum absolute atomic E-state index is 12.5. The molecule has 0 spiro atoms. The number of nitro groups is 1. The topological polar surface area (TPSA) is 75.5 Å². The number of piperazine rings is 1. The number of carbonyl (C=O) groups excluding carboxylic acids is 1. The molecule has 1 amide bonds. The molecule has 1 aliphatic heterocycles. The zero-order valence-electron chi connectivity index (χ0n) is 11.0. The molecule has 102 valence electrons. The average molecular weight is 263 g/mol. The third kappa shape index (κ3) is 2.73. The summed E-state index contributed by atoms with van der Waals surface area (Å²) >= 11 is 0. The molecule has 1 aromatic rings. The van der Waals surface area contributed by atoms with E-state index in [1.807, 2.05) is 6.92 Å². The largest absolute Gasteiger partial charge is 0.333 e. The zero-order chi connectivity index (χ0) is 14.0. The Morgan fingerprint density at radius 2 is 2.26 bits per heavy atom. The summed E-state index contributed by atoms with van der Waals surface area (Å²) in [4.78, 5) is 24.6. The monoisotopic (exact) mass is 263 g/mol. The van der Waals surface area contributed by atoms with Crippen molar-refractivity contribution in [2.45, 2.75) is 19.9 Å². The quantitative estimate of drug-likeness (QED) is 0.645. The van der Waals surface area contributed by atoms with E-state index in [0.717, 1.165) is 18.7 Å². The number of aryl methyl sites for hydroxylation is 1. The minimum atomic E-state index is -0.475. The number of amides is 1. The van der Waals surface area contributed by atoms with Crippen LogP contribution in [0.2, 0.25) is 0 Å². The zero-order valence-corrected chi connectivity index (χ0v) is 11.0. The van der Waals surface area contributed by atoms with Gasteiger partial charge in [-0.05, 0) is 19.4 Å². The fourth-order valence-electron chi connectivity index (χ4n) is 2.25. The van der Waals surface area contributed by atoms with Crippen LogP contribution in [-0.2, 0) is 0 Å². The summed E-state index contributed by atoms with van der Waals surface area (Å²) in [6.45, 7) is 5.90. The fraction of sp³-hybridized carbons (Fsp3) is 0.462. The molecule has 2 rings (SSSR count). The van der Waals surface area contributed by atoms with Crippen molar-refractivity contribution in [3.05, 3.63) is 39.4 Å². The van der Waals surface area contributed by atoms with Gasteiger partial charge in [-0.3, -0.25) is 14.9 Å². The molecule has 6 heteroatoms. The highest BCUT2D eigenvalue weighted by Crippen LogP contribution is 2.20. The minimum Gasteiger partial charge on any atom is -0.333 e. The highest BCUT2D eigenvalue weighted by molar-refractivity contribution is 5.96. The van der Waals surface area contributed by atoms with Crippen molar-refractivity contribution >= 4 is 11.6 Å². The van der Waals surface area contributed by atoms with Gasteiger partial charge in [0.05, 0.1) is 4.92 Å². The minimum absolute atomic E-state index is 0.0447. The maximum atomic E-state index is 12.5. The molecule has 19 heavy (non-hydrogen) atoms. The molecule has 0 radical (unpaired) electrons. The number of non-ortho nitro benzene ring substituents is 1. The van der Waals surface area contributed by atoms with Gasteiger partial charge in [0.1, 0.15) is 0 Å². The van der Waals surface area contributed by atoms with Gasteiger partial charge in [-0.15, -0.1) is 0 Å². The van der Waals surface area contributed by atoms with Crippen LogP contribution in [-0.4, -0.2) is 41.4 Å². The first-order chi connectivity index (χ1) is 9.00. The van der Waals surface area contributed by atoms with Crippen molar-refractivity contribution in [2.24, 2.45) is 0 Å². The number of nitrogens with one attached hydrogen (secondary N) is 1. The number of hydrogen-bond acceptors (Lipinski definition) is 4. The summed E-state index contributed by atoms with van der Waals surface area (Å²) in [6.07, 6.45) is 0. The van der Waals surface area contributed by atoms with Gasteiger partial charge in [-0.2, -0.15) is 0 Å². The number of benzene rings is 1. The van der Waals surface area contributed by atoms with Crippen molar-refractivity contribution in [1.29, 1.82) is 0 Å². The predicted octanol–water partition coefficient (Wildman–Crippen LogP) is 1.34. The Bertz CT molecular complexity index is 516. The molecule has 0 bridgehead atoms. The summed E-state index contributed by atoms with van der Waals surface area (Å²) < 4.78 is 0. The second kappa shape index (κ2) is 5.36. The first-order valence-electron chi connectivity index (χ1n) is 6.27. The van der Waals surface area contributed by atoms with Crippen LogP contribution in [0.15, 0.2) is 18.2 Å². The molecule has 1 fully saturated rings. The predicted molar refractivity (Wildman–Crippen MR) is 71.2 cm³/mol. The van der Waals surface area contributed by atoms with E-state index in [4.69, 9.17) is 0 Å². The highest BCUT2D eigenvalue weighted by atomic mass is 16.6. The molecule has 0 aliphatic carbocycles. The van der Waals surface area contributed by atoms with Gasteiger partial charge < -0.3 is 10.2 Å². The Morgan fingerprint density at radius 1 is 1.53 bits per heavy atom. The van der Waals surface area contributed by atoms with E-state index in [0.29, 0.717) is 12.1 Å². The van der Waals surface area contributed by atoms with E-state index in [-0.39, 0.29) is 17.6 Å². The van der Waals surface area contributed by atoms with Crippen molar-refractivity contribution < 1.29 is 9.72 Å². The van der Waals surface area contributed by atoms with Crippen LogP contribution in [0.4, 0.5) is 5.69 Å². The van der Waals surface area contributed by atoms with E-state index in [1.165, 1.54) is 12.1 Å². The molecule has 0 saturated carbocycles. The van der Waals surface area contributed by atoms with Crippen LogP contribution in [0.3, 0.4) is 0 Å². The Kier molecular flexibility index (Phi) is 3.80. The highest BCUT2D eigenvalue weighted by Gasteiger charge is 2.26. The number of rotatable bonds is 2. The Hall–Kier alpha value is -1.95. The molecule has 0 aromatic heterocycles. The van der Waals surface area contributed by atoms with Crippen LogP contribution in [0.1, 0.15) is 22.8 Å². The lowest BCUT2D eigenvalue weighted by Gasteiger charge is -2.34. The summed E-state index contributed by atoms with van der Waals surface area (Å²) in [5, 5.41) is 14.0. The van der Waals surface area contributed by atoms with Gasteiger partial charge in [0.15, 0.2) is 0 Å². The summed E-state index contributed by atoms with van der Waals surface area (Å²) in [6, 6.07) is 4.51. The van der Waals surface area contributed by atoms with E-state index in [2.05, 4.69) is 5.32 Å². The van der Waals surface area contributed by atoms with Crippen molar-refractivity contribution in [2.75, 3.05) is 19.6 Å². The van der Waals surface area contributed by atoms with Gasteiger partial charge >= 0.3 is 0 Å². The molecular formula is C13H17N3O3. The standard InChI is InChI=1S/C13H17N3O3/c1-9-3-4-11(16(18)19)7-12(9)13(17)15-6-5-14-8-10(15)2/h3-4,7,10,14H,5-6,8H2,1-2H3. The molecule has 1 atom stereocenters. The van der Waals surface area contributed by atoms with E-state index >= 15 is 0 Å². The van der Waals surface area contributed by atoms with Crippen molar-refractivity contribution in [3.8, 4) is 0 Å². The first-order valence-corrected chi connectivity index (χ1v) is 6.27. The molecule has 6 nitrogen and oxygen atoms in total. The number of nitrogens with zero attached hydrogens (tertiary/aromatic N) is 2. The van der Waals surface area contributed by atoms with Gasteiger partial charge in [-0.1, -0.05) is 6.07 Å². The number of hydrogen-bond donors (Lipinski definition) is 1. The summed E-state index contributed by atoms with van der Waals surface area (Å²) in [5.74, 6) is -0.129. The Balaban J connectivity index is 2.32. The van der Waals surface area contributed by atoms with Crippen LogP contribution >= 0.6 is 0 Å². The lowest BCUT2D eigenvalue weighted by molar-refractivity contribution is -0.384. The van der Waals surface area contributed by atoms with Crippen LogP contribution in [0.5, 0.6) is 0 Å². The van der Waals surface area contributed by atoms with Gasteiger partial charge in [0.25, 0.3) is 11.6 Å². The molecule has 1 aliphatic rings. The van der Waals surface area contributed by atoms with Crippen molar-refractivity contribution in [3.63, 3.8) is 0 Å². The van der Waals surface area contributed by atoms with E-state index in [1.54, 1.807) is 17.9 Å². The van der Waals surface area contributed by atoms with Gasteiger partial charge in [0, 0.05) is 43.4 Å². The smallest absolute Gasteiger partial charge is 0.270 e. The Labute approximate surface area is 111 Å². The molecule has 1 N–H and O–H groups in total. The Morgan fingerprint density at radius 3 is 2.89 bits per heavy atom.